The second-order valence-electron chi connectivity index (χ2n) is 4.86. The molecule has 2 N–H and O–H groups in total. The van der Waals surface area contributed by atoms with E-state index >= 15 is 0 Å². The van der Waals surface area contributed by atoms with Gasteiger partial charge in [0.25, 0.3) is 0 Å². The lowest BCUT2D eigenvalue weighted by Crippen LogP contribution is -2.35. The summed E-state index contributed by atoms with van der Waals surface area (Å²) in [6.45, 7) is 0.0644. The monoisotopic (exact) mass is 344 g/mol. The molecule has 2 aromatic heterocycles. The number of halogens is 1. The summed E-state index contributed by atoms with van der Waals surface area (Å²) in [6, 6.07) is 13.0. The van der Waals surface area contributed by atoms with Crippen molar-refractivity contribution in [2.75, 3.05) is 5.32 Å². The van der Waals surface area contributed by atoms with Crippen LogP contribution in [0.2, 0.25) is 0 Å². The maximum absolute atomic E-state index is 13.4. The Morgan fingerprint density at radius 1 is 1.04 bits per heavy atom. The Labute approximate surface area is 141 Å². The molecule has 0 unspecified atom stereocenters. The molecule has 3 rings (SSSR count). The third-order valence-corrected chi connectivity index (χ3v) is 4.06. The SMILES string of the molecule is O=C(NCc1ccc(-c2cccs2)o1)C(=O)Nc1ccccc1F. The van der Waals surface area contributed by atoms with E-state index in [1.54, 1.807) is 29.5 Å². The zero-order valence-corrected chi connectivity index (χ0v) is 13.2. The Balaban J connectivity index is 1.55. The topological polar surface area (TPSA) is 71.3 Å². The Kier molecular flexibility index (Phi) is 4.72. The smallest absolute Gasteiger partial charge is 0.313 e. The number of rotatable bonds is 4. The van der Waals surface area contributed by atoms with E-state index in [1.807, 2.05) is 17.5 Å². The molecule has 122 valence electrons. The molecule has 0 spiro atoms. The number of carbonyl (C=O) groups is 2. The number of nitrogens with one attached hydrogen (secondary N) is 2. The molecule has 0 aliphatic heterocycles. The normalized spacial score (nSPS) is 10.4. The summed E-state index contributed by atoms with van der Waals surface area (Å²) in [5, 5.41) is 6.59. The molecule has 0 aliphatic carbocycles. The summed E-state index contributed by atoms with van der Waals surface area (Å²) in [7, 11) is 0. The fraction of sp³-hybridized carbons (Fsp3) is 0.0588. The van der Waals surface area contributed by atoms with Crippen LogP contribution in [0.5, 0.6) is 0 Å². The van der Waals surface area contributed by atoms with Gasteiger partial charge in [0, 0.05) is 0 Å². The number of benzene rings is 1. The molecule has 1 aromatic carbocycles. The number of thiophene rings is 1. The molecule has 2 amide bonds. The van der Waals surface area contributed by atoms with Gasteiger partial charge >= 0.3 is 11.8 Å². The summed E-state index contributed by atoms with van der Waals surface area (Å²) in [4.78, 5) is 24.5. The van der Waals surface area contributed by atoms with E-state index in [1.165, 1.54) is 18.2 Å². The van der Waals surface area contributed by atoms with Crippen molar-refractivity contribution >= 4 is 28.8 Å². The van der Waals surface area contributed by atoms with Crippen LogP contribution in [0.3, 0.4) is 0 Å². The number of anilines is 1. The second-order valence-corrected chi connectivity index (χ2v) is 5.81. The molecule has 0 radical (unpaired) electrons. The summed E-state index contributed by atoms with van der Waals surface area (Å²) in [5.41, 5.74) is -0.0457. The van der Waals surface area contributed by atoms with Crippen molar-refractivity contribution in [3.05, 3.63) is 65.5 Å². The minimum absolute atomic E-state index is 0.0457. The van der Waals surface area contributed by atoms with Crippen molar-refractivity contribution in [2.45, 2.75) is 6.54 Å². The van der Waals surface area contributed by atoms with Gasteiger partial charge in [-0.25, -0.2) is 4.39 Å². The van der Waals surface area contributed by atoms with Crippen molar-refractivity contribution in [3.8, 4) is 10.6 Å². The van der Waals surface area contributed by atoms with E-state index in [-0.39, 0.29) is 12.2 Å². The minimum Gasteiger partial charge on any atom is -0.458 e. The Morgan fingerprint density at radius 2 is 1.88 bits per heavy atom. The fourth-order valence-corrected chi connectivity index (χ4v) is 2.70. The number of hydrogen-bond donors (Lipinski definition) is 2. The van der Waals surface area contributed by atoms with Crippen molar-refractivity contribution in [3.63, 3.8) is 0 Å². The first kappa shape index (κ1) is 15.9. The largest absolute Gasteiger partial charge is 0.458 e. The van der Waals surface area contributed by atoms with E-state index in [4.69, 9.17) is 4.42 Å². The van der Waals surface area contributed by atoms with E-state index in [9.17, 15) is 14.0 Å². The first-order valence-electron chi connectivity index (χ1n) is 7.10. The van der Waals surface area contributed by atoms with Gasteiger partial charge < -0.3 is 15.1 Å². The number of furan rings is 1. The zero-order chi connectivity index (χ0) is 16.9. The predicted octanol–water partition coefficient (Wildman–Crippen LogP) is 3.40. The summed E-state index contributed by atoms with van der Waals surface area (Å²) in [6.07, 6.45) is 0. The van der Waals surface area contributed by atoms with Crippen LogP contribution in [0, 0.1) is 5.82 Å². The van der Waals surface area contributed by atoms with E-state index < -0.39 is 17.6 Å². The van der Waals surface area contributed by atoms with Crippen molar-refractivity contribution in [2.24, 2.45) is 0 Å². The molecule has 7 heteroatoms. The van der Waals surface area contributed by atoms with Crippen LogP contribution in [-0.2, 0) is 16.1 Å². The van der Waals surface area contributed by atoms with Crippen LogP contribution < -0.4 is 10.6 Å². The molecule has 0 bridgehead atoms. The highest BCUT2D eigenvalue weighted by Crippen LogP contribution is 2.26. The first-order chi connectivity index (χ1) is 11.6. The van der Waals surface area contributed by atoms with Gasteiger partial charge in [0.05, 0.1) is 17.1 Å². The van der Waals surface area contributed by atoms with Gasteiger partial charge in [0.2, 0.25) is 0 Å². The Bertz CT molecular complexity index is 858. The number of amides is 2. The van der Waals surface area contributed by atoms with Crippen LogP contribution in [0.15, 0.2) is 58.3 Å². The van der Waals surface area contributed by atoms with Crippen molar-refractivity contribution in [1.29, 1.82) is 0 Å². The first-order valence-corrected chi connectivity index (χ1v) is 7.98. The molecule has 2 heterocycles. The molecule has 5 nitrogen and oxygen atoms in total. The Morgan fingerprint density at radius 3 is 2.62 bits per heavy atom. The maximum Gasteiger partial charge on any atom is 0.313 e. The summed E-state index contributed by atoms with van der Waals surface area (Å²) >= 11 is 1.54. The van der Waals surface area contributed by atoms with E-state index in [0.29, 0.717) is 11.5 Å². The third kappa shape index (κ3) is 3.69. The van der Waals surface area contributed by atoms with Gasteiger partial charge in [-0.15, -0.1) is 11.3 Å². The molecular formula is C17H13FN2O3S. The van der Waals surface area contributed by atoms with Crippen LogP contribution in [0.4, 0.5) is 10.1 Å². The lowest BCUT2D eigenvalue weighted by Gasteiger charge is -2.06. The number of carbonyl (C=O) groups excluding carboxylic acids is 2. The number of para-hydroxylation sites is 1. The highest BCUT2D eigenvalue weighted by Gasteiger charge is 2.16. The van der Waals surface area contributed by atoms with Gasteiger partial charge in [-0.3, -0.25) is 9.59 Å². The lowest BCUT2D eigenvalue weighted by atomic mass is 10.3. The standard InChI is InChI=1S/C17H13FN2O3S/c18-12-4-1-2-5-13(12)20-17(22)16(21)19-10-11-7-8-14(23-11)15-6-3-9-24-15/h1-9H,10H2,(H,19,21)(H,20,22). The molecule has 0 aliphatic rings. The van der Waals surface area contributed by atoms with Gasteiger partial charge in [-0.2, -0.15) is 0 Å². The average molecular weight is 344 g/mol. The highest BCUT2D eigenvalue weighted by atomic mass is 32.1. The van der Waals surface area contributed by atoms with Crippen molar-refractivity contribution < 1.29 is 18.4 Å². The molecule has 24 heavy (non-hydrogen) atoms. The molecular weight excluding hydrogens is 331 g/mol. The maximum atomic E-state index is 13.4. The van der Waals surface area contributed by atoms with Crippen LogP contribution in [0.1, 0.15) is 5.76 Å². The van der Waals surface area contributed by atoms with Crippen LogP contribution in [0.25, 0.3) is 10.6 Å². The summed E-state index contributed by atoms with van der Waals surface area (Å²) < 4.78 is 19.0. The third-order valence-electron chi connectivity index (χ3n) is 3.18. The quantitative estimate of drug-likeness (QED) is 0.713. The van der Waals surface area contributed by atoms with Gasteiger partial charge in [0.1, 0.15) is 17.3 Å². The number of hydrogen-bond acceptors (Lipinski definition) is 4. The molecule has 0 fully saturated rings. The summed E-state index contributed by atoms with van der Waals surface area (Å²) in [5.74, 6) is -1.20. The van der Waals surface area contributed by atoms with E-state index in [2.05, 4.69) is 10.6 Å². The zero-order valence-electron chi connectivity index (χ0n) is 12.4. The van der Waals surface area contributed by atoms with Gasteiger partial charge in [-0.1, -0.05) is 18.2 Å². The predicted molar refractivity (Wildman–Crippen MR) is 88.9 cm³/mol. The van der Waals surface area contributed by atoms with Crippen LogP contribution in [-0.4, -0.2) is 11.8 Å². The molecule has 0 atom stereocenters. The van der Waals surface area contributed by atoms with Crippen molar-refractivity contribution in [1.82, 2.24) is 5.32 Å². The Hall–Kier alpha value is -2.93. The lowest BCUT2D eigenvalue weighted by molar-refractivity contribution is -0.136. The molecule has 3 aromatic rings. The average Bonchev–Trinajstić information content (AvgIpc) is 3.25. The highest BCUT2D eigenvalue weighted by molar-refractivity contribution is 7.13. The molecule has 0 saturated heterocycles. The van der Waals surface area contributed by atoms with E-state index in [0.717, 1.165) is 4.88 Å². The molecule has 0 saturated carbocycles. The van der Waals surface area contributed by atoms with Gasteiger partial charge in [0.15, 0.2) is 0 Å². The second kappa shape index (κ2) is 7.10. The fourth-order valence-electron chi connectivity index (χ4n) is 2.01. The van der Waals surface area contributed by atoms with Crippen LogP contribution >= 0.6 is 11.3 Å². The van der Waals surface area contributed by atoms with Gasteiger partial charge in [-0.05, 0) is 35.7 Å². The minimum atomic E-state index is -0.940.